The third-order valence-corrected chi connectivity index (χ3v) is 3.27. The Bertz CT molecular complexity index is 142. The second kappa shape index (κ2) is 11.4. The van der Waals surface area contributed by atoms with Crippen molar-refractivity contribution >= 4 is 0 Å². The molecule has 0 saturated carbocycles. The molecule has 0 bridgehead atoms. The number of hydrogen-bond donors (Lipinski definition) is 2. The lowest BCUT2D eigenvalue weighted by atomic mass is 10.0. The number of ether oxygens (including phenoxy) is 1. The van der Waals surface area contributed by atoms with E-state index in [-0.39, 0.29) is 6.10 Å². The van der Waals surface area contributed by atoms with Crippen LogP contribution in [0.25, 0.3) is 0 Å². The fraction of sp³-hybridized carbons (Fsp3) is 1.00. The summed E-state index contributed by atoms with van der Waals surface area (Å²) in [4.78, 5) is 0. The van der Waals surface area contributed by atoms with Crippen LogP contribution in [-0.4, -0.2) is 19.3 Å². The van der Waals surface area contributed by atoms with Gasteiger partial charge in [0.05, 0.1) is 6.10 Å². The Morgan fingerprint density at radius 3 is 2.12 bits per heavy atom. The molecular formula is C13H30N2O. The van der Waals surface area contributed by atoms with Crippen molar-refractivity contribution in [3.63, 3.8) is 0 Å². The number of hydrazine groups is 1. The van der Waals surface area contributed by atoms with Crippen LogP contribution in [0, 0.1) is 0 Å². The molecule has 0 aliphatic heterocycles. The Morgan fingerprint density at radius 2 is 1.62 bits per heavy atom. The van der Waals surface area contributed by atoms with Crippen molar-refractivity contribution in [2.24, 2.45) is 5.84 Å². The maximum absolute atomic E-state index is 5.50. The summed E-state index contributed by atoms with van der Waals surface area (Å²) in [5.74, 6) is 5.50. The standard InChI is InChI=1S/C13H30N2O/c1-4-5-6-7-8-9-10-11-13(15-14)12(2)16-3/h12-13,15H,4-11,14H2,1-3H3. The molecule has 0 amide bonds. The van der Waals surface area contributed by atoms with Gasteiger partial charge in [-0.25, -0.2) is 0 Å². The smallest absolute Gasteiger partial charge is 0.0709 e. The van der Waals surface area contributed by atoms with Crippen LogP contribution in [0.4, 0.5) is 0 Å². The summed E-state index contributed by atoms with van der Waals surface area (Å²) in [6.45, 7) is 4.31. The lowest BCUT2D eigenvalue weighted by molar-refractivity contribution is 0.0791. The minimum Gasteiger partial charge on any atom is -0.380 e. The van der Waals surface area contributed by atoms with E-state index in [4.69, 9.17) is 10.6 Å². The zero-order chi connectivity index (χ0) is 12.2. The molecule has 0 heterocycles. The van der Waals surface area contributed by atoms with Crippen LogP contribution in [0.15, 0.2) is 0 Å². The van der Waals surface area contributed by atoms with Crippen LogP contribution < -0.4 is 11.3 Å². The molecular weight excluding hydrogens is 200 g/mol. The predicted molar refractivity (Wildman–Crippen MR) is 70.2 cm³/mol. The highest BCUT2D eigenvalue weighted by Crippen LogP contribution is 2.11. The van der Waals surface area contributed by atoms with Gasteiger partial charge in [0.2, 0.25) is 0 Å². The molecule has 0 fully saturated rings. The second-order valence-corrected chi connectivity index (χ2v) is 4.62. The monoisotopic (exact) mass is 230 g/mol. The van der Waals surface area contributed by atoms with Crippen molar-refractivity contribution in [2.45, 2.75) is 77.4 Å². The summed E-state index contributed by atoms with van der Waals surface area (Å²) in [5, 5.41) is 0. The van der Waals surface area contributed by atoms with E-state index in [1.807, 2.05) is 0 Å². The van der Waals surface area contributed by atoms with Gasteiger partial charge in [0.15, 0.2) is 0 Å². The van der Waals surface area contributed by atoms with Crippen molar-refractivity contribution in [3.8, 4) is 0 Å². The molecule has 0 aliphatic rings. The molecule has 0 rings (SSSR count). The molecule has 0 radical (unpaired) electrons. The number of hydrogen-bond acceptors (Lipinski definition) is 3. The van der Waals surface area contributed by atoms with Crippen molar-refractivity contribution in [3.05, 3.63) is 0 Å². The number of nitrogens with one attached hydrogen (secondary N) is 1. The third-order valence-electron chi connectivity index (χ3n) is 3.27. The predicted octanol–water partition coefficient (Wildman–Crippen LogP) is 2.99. The lowest BCUT2D eigenvalue weighted by Crippen LogP contribution is -2.43. The van der Waals surface area contributed by atoms with E-state index in [1.165, 1.54) is 44.9 Å². The fourth-order valence-corrected chi connectivity index (χ4v) is 1.94. The molecule has 98 valence electrons. The number of methoxy groups -OCH3 is 1. The zero-order valence-electron chi connectivity index (χ0n) is 11.3. The molecule has 0 spiro atoms. The summed E-state index contributed by atoms with van der Waals surface area (Å²) in [6, 6.07) is 0.292. The Kier molecular flexibility index (Phi) is 11.3. The Labute approximate surface area is 101 Å². The van der Waals surface area contributed by atoms with Crippen molar-refractivity contribution in [1.29, 1.82) is 0 Å². The molecule has 16 heavy (non-hydrogen) atoms. The Hall–Kier alpha value is -0.120. The normalized spacial score (nSPS) is 15.0. The van der Waals surface area contributed by atoms with Gasteiger partial charge < -0.3 is 4.74 Å². The molecule has 0 aromatic heterocycles. The summed E-state index contributed by atoms with van der Waals surface area (Å²) >= 11 is 0. The van der Waals surface area contributed by atoms with E-state index in [0.717, 1.165) is 6.42 Å². The number of nitrogens with two attached hydrogens (primary N) is 1. The maximum atomic E-state index is 5.50. The quantitative estimate of drug-likeness (QED) is 0.326. The van der Waals surface area contributed by atoms with E-state index >= 15 is 0 Å². The highest BCUT2D eigenvalue weighted by Gasteiger charge is 2.13. The van der Waals surface area contributed by atoms with Gasteiger partial charge in [-0.05, 0) is 13.3 Å². The van der Waals surface area contributed by atoms with Gasteiger partial charge in [-0.3, -0.25) is 11.3 Å². The van der Waals surface area contributed by atoms with Gasteiger partial charge in [-0.1, -0.05) is 51.9 Å². The van der Waals surface area contributed by atoms with Gasteiger partial charge >= 0.3 is 0 Å². The minimum atomic E-state index is 0.199. The lowest BCUT2D eigenvalue weighted by Gasteiger charge is -2.21. The van der Waals surface area contributed by atoms with Gasteiger partial charge in [-0.2, -0.15) is 0 Å². The topological polar surface area (TPSA) is 47.3 Å². The first-order valence-corrected chi connectivity index (χ1v) is 6.75. The summed E-state index contributed by atoms with van der Waals surface area (Å²) in [7, 11) is 1.74. The summed E-state index contributed by atoms with van der Waals surface area (Å²) in [5.41, 5.74) is 2.84. The zero-order valence-corrected chi connectivity index (χ0v) is 11.3. The minimum absolute atomic E-state index is 0.199. The maximum Gasteiger partial charge on any atom is 0.0709 e. The van der Waals surface area contributed by atoms with Gasteiger partial charge in [0.1, 0.15) is 0 Å². The van der Waals surface area contributed by atoms with Crippen LogP contribution in [0.3, 0.4) is 0 Å². The van der Waals surface area contributed by atoms with E-state index in [0.29, 0.717) is 6.04 Å². The van der Waals surface area contributed by atoms with Crippen LogP contribution in [0.1, 0.15) is 65.2 Å². The average Bonchev–Trinajstić information content (AvgIpc) is 2.32. The average molecular weight is 230 g/mol. The molecule has 3 N–H and O–H groups in total. The first-order valence-electron chi connectivity index (χ1n) is 6.75. The molecule has 3 nitrogen and oxygen atoms in total. The summed E-state index contributed by atoms with van der Waals surface area (Å²) < 4.78 is 5.27. The molecule has 0 saturated heterocycles. The van der Waals surface area contributed by atoms with E-state index in [2.05, 4.69) is 19.3 Å². The number of unbranched alkanes of at least 4 members (excludes halogenated alkanes) is 6. The third kappa shape index (κ3) is 8.08. The number of rotatable bonds is 11. The highest BCUT2D eigenvalue weighted by molar-refractivity contribution is 4.70. The molecule has 2 unspecified atom stereocenters. The molecule has 0 aliphatic carbocycles. The van der Waals surface area contributed by atoms with Crippen LogP contribution in [-0.2, 0) is 4.74 Å². The molecule has 0 aromatic rings. The van der Waals surface area contributed by atoms with Gasteiger partial charge in [0.25, 0.3) is 0 Å². The van der Waals surface area contributed by atoms with Crippen molar-refractivity contribution < 1.29 is 4.74 Å². The second-order valence-electron chi connectivity index (χ2n) is 4.62. The van der Waals surface area contributed by atoms with Crippen LogP contribution in [0.5, 0.6) is 0 Å². The largest absolute Gasteiger partial charge is 0.380 e. The fourth-order valence-electron chi connectivity index (χ4n) is 1.94. The molecule has 2 atom stereocenters. The van der Waals surface area contributed by atoms with Crippen molar-refractivity contribution in [2.75, 3.05) is 7.11 Å². The summed E-state index contributed by atoms with van der Waals surface area (Å²) in [6.07, 6.45) is 10.7. The van der Waals surface area contributed by atoms with Crippen LogP contribution >= 0.6 is 0 Å². The van der Waals surface area contributed by atoms with Crippen LogP contribution in [0.2, 0.25) is 0 Å². The van der Waals surface area contributed by atoms with Gasteiger partial charge in [0, 0.05) is 13.2 Å². The van der Waals surface area contributed by atoms with E-state index in [1.54, 1.807) is 7.11 Å². The SMILES string of the molecule is CCCCCCCCCC(NN)C(C)OC. The Morgan fingerprint density at radius 1 is 1.06 bits per heavy atom. The first-order chi connectivity index (χ1) is 7.76. The Balaban J connectivity index is 3.34. The molecule has 0 aromatic carbocycles. The van der Waals surface area contributed by atoms with E-state index in [9.17, 15) is 0 Å². The molecule has 3 heteroatoms. The first kappa shape index (κ1) is 15.9. The highest BCUT2D eigenvalue weighted by atomic mass is 16.5. The van der Waals surface area contributed by atoms with Gasteiger partial charge in [-0.15, -0.1) is 0 Å². The van der Waals surface area contributed by atoms with E-state index < -0.39 is 0 Å². The van der Waals surface area contributed by atoms with Crippen molar-refractivity contribution in [1.82, 2.24) is 5.43 Å².